The van der Waals surface area contributed by atoms with Gasteiger partial charge in [-0.3, -0.25) is 0 Å². The molecule has 0 radical (unpaired) electrons. The fourth-order valence-electron chi connectivity index (χ4n) is 2.16. The minimum Gasteiger partial charge on any atom is -0.490 e. The van der Waals surface area contributed by atoms with Gasteiger partial charge in [0, 0.05) is 26.1 Å². The first-order valence-electron chi connectivity index (χ1n) is 6.26. The molecule has 1 aliphatic heterocycles. The van der Waals surface area contributed by atoms with E-state index in [1.165, 1.54) is 0 Å². The second kappa shape index (κ2) is 6.32. The van der Waals surface area contributed by atoms with Gasteiger partial charge in [0.2, 0.25) is 0 Å². The standard InChI is InChI=1S/C15H19NO/c1-2-3-11-16-12-9-15(10-13-16)17-14-7-5-4-6-8-14/h1,4-8,15H,3,9-13H2. The molecular formula is C15H19NO. The van der Waals surface area contributed by atoms with Crippen molar-refractivity contribution in [3.63, 3.8) is 0 Å². The summed E-state index contributed by atoms with van der Waals surface area (Å²) in [5, 5.41) is 0. The predicted octanol–water partition coefficient (Wildman–Crippen LogP) is 2.55. The van der Waals surface area contributed by atoms with E-state index < -0.39 is 0 Å². The molecule has 0 saturated carbocycles. The topological polar surface area (TPSA) is 12.5 Å². The van der Waals surface area contributed by atoms with E-state index in [1.807, 2.05) is 30.3 Å². The number of para-hydroxylation sites is 1. The molecule has 17 heavy (non-hydrogen) atoms. The summed E-state index contributed by atoms with van der Waals surface area (Å²) in [5.41, 5.74) is 0. The minimum absolute atomic E-state index is 0.361. The Morgan fingerprint density at radius 1 is 1.24 bits per heavy atom. The molecule has 0 aliphatic carbocycles. The molecule has 0 atom stereocenters. The zero-order valence-electron chi connectivity index (χ0n) is 10.1. The molecule has 1 fully saturated rings. The van der Waals surface area contributed by atoms with E-state index >= 15 is 0 Å². The lowest BCUT2D eigenvalue weighted by molar-refractivity contribution is 0.102. The van der Waals surface area contributed by atoms with Crippen molar-refractivity contribution >= 4 is 0 Å². The van der Waals surface area contributed by atoms with Gasteiger partial charge in [0.05, 0.1) is 0 Å². The smallest absolute Gasteiger partial charge is 0.119 e. The second-order valence-electron chi connectivity index (χ2n) is 4.43. The second-order valence-corrected chi connectivity index (χ2v) is 4.43. The van der Waals surface area contributed by atoms with Gasteiger partial charge in [-0.25, -0.2) is 0 Å². The highest BCUT2D eigenvalue weighted by molar-refractivity contribution is 5.21. The molecule has 90 valence electrons. The number of rotatable bonds is 4. The van der Waals surface area contributed by atoms with Gasteiger partial charge >= 0.3 is 0 Å². The van der Waals surface area contributed by atoms with Gasteiger partial charge in [-0.1, -0.05) is 18.2 Å². The quantitative estimate of drug-likeness (QED) is 0.736. The number of terminal acetylenes is 1. The normalized spacial score (nSPS) is 17.6. The summed E-state index contributed by atoms with van der Waals surface area (Å²) in [4.78, 5) is 2.42. The molecule has 0 bridgehead atoms. The van der Waals surface area contributed by atoms with Crippen LogP contribution in [0.5, 0.6) is 5.75 Å². The van der Waals surface area contributed by atoms with Crippen LogP contribution in [0.4, 0.5) is 0 Å². The first kappa shape index (κ1) is 12.0. The van der Waals surface area contributed by atoms with Crippen LogP contribution in [-0.2, 0) is 0 Å². The van der Waals surface area contributed by atoms with Crippen LogP contribution in [0.3, 0.4) is 0 Å². The van der Waals surface area contributed by atoms with Crippen molar-refractivity contribution in [2.45, 2.75) is 25.4 Å². The van der Waals surface area contributed by atoms with Crippen molar-refractivity contribution in [1.29, 1.82) is 0 Å². The molecule has 1 heterocycles. The van der Waals surface area contributed by atoms with E-state index in [0.29, 0.717) is 6.10 Å². The Hall–Kier alpha value is -1.46. The van der Waals surface area contributed by atoms with Crippen LogP contribution >= 0.6 is 0 Å². The maximum absolute atomic E-state index is 5.94. The van der Waals surface area contributed by atoms with Crippen LogP contribution in [0.15, 0.2) is 30.3 Å². The first-order valence-corrected chi connectivity index (χ1v) is 6.26. The lowest BCUT2D eigenvalue weighted by Crippen LogP contribution is -2.38. The van der Waals surface area contributed by atoms with Crippen molar-refractivity contribution in [2.24, 2.45) is 0 Å². The molecule has 2 heteroatoms. The van der Waals surface area contributed by atoms with Crippen LogP contribution in [0.1, 0.15) is 19.3 Å². The van der Waals surface area contributed by atoms with Crippen molar-refractivity contribution in [3.8, 4) is 18.1 Å². The molecule has 0 aromatic heterocycles. The number of ether oxygens (including phenoxy) is 1. The van der Waals surface area contributed by atoms with E-state index in [0.717, 1.165) is 44.6 Å². The lowest BCUT2D eigenvalue weighted by Gasteiger charge is -2.31. The number of hydrogen-bond donors (Lipinski definition) is 0. The molecule has 0 spiro atoms. The number of benzene rings is 1. The number of hydrogen-bond acceptors (Lipinski definition) is 2. The summed E-state index contributed by atoms with van der Waals surface area (Å²) < 4.78 is 5.94. The summed E-state index contributed by atoms with van der Waals surface area (Å²) in [7, 11) is 0. The maximum Gasteiger partial charge on any atom is 0.119 e. The van der Waals surface area contributed by atoms with Gasteiger partial charge in [-0.05, 0) is 25.0 Å². The van der Waals surface area contributed by atoms with Crippen LogP contribution in [0.25, 0.3) is 0 Å². The number of likely N-dealkylation sites (tertiary alicyclic amines) is 1. The summed E-state index contributed by atoms with van der Waals surface area (Å²) >= 11 is 0. The predicted molar refractivity (Wildman–Crippen MR) is 70.0 cm³/mol. The van der Waals surface area contributed by atoms with Crippen LogP contribution < -0.4 is 4.74 Å². The Morgan fingerprint density at radius 2 is 1.94 bits per heavy atom. The van der Waals surface area contributed by atoms with E-state index in [9.17, 15) is 0 Å². The average molecular weight is 229 g/mol. The summed E-state index contributed by atoms with van der Waals surface area (Å²) in [6.45, 7) is 3.22. The molecule has 1 aliphatic rings. The third kappa shape index (κ3) is 3.80. The highest BCUT2D eigenvalue weighted by Gasteiger charge is 2.19. The van der Waals surface area contributed by atoms with Crippen LogP contribution in [0, 0.1) is 12.3 Å². The van der Waals surface area contributed by atoms with Crippen LogP contribution in [-0.4, -0.2) is 30.6 Å². The van der Waals surface area contributed by atoms with E-state index in [2.05, 4.69) is 10.8 Å². The van der Waals surface area contributed by atoms with E-state index in [-0.39, 0.29) is 0 Å². The van der Waals surface area contributed by atoms with E-state index in [1.54, 1.807) is 0 Å². The molecule has 0 N–H and O–H groups in total. The van der Waals surface area contributed by atoms with Crippen molar-refractivity contribution in [1.82, 2.24) is 4.90 Å². The fraction of sp³-hybridized carbons (Fsp3) is 0.467. The van der Waals surface area contributed by atoms with Gasteiger partial charge in [0.1, 0.15) is 11.9 Å². The van der Waals surface area contributed by atoms with Crippen LogP contribution in [0.2, 0.25) is 0 Å². The molecule has 0 amide bonds. The Bertz CT molecular complexity index is 360. The molecule has 2 nitrogen and oxygen atoms in total. The highest BCUT2D eigenvalue weighted by Crippen LogP contribution is 2.18. The highest BCUT2D eigenvalue weighted by atomic mass is 16.5. The Labute approximate surface area is 104 Å². The van der Waals surface area contributed by atoms with Crippen molar-refractivity contribution in [3.05, 3.63) is 30.3 Å². The Morgan fingerprint density at radius 3 is 2.59 bits per heavy atom. The average Bonchev–Trinajstić information content (AvgIpc) is 2.39. The van der Waals surface area contributed by atoms with Crippen molar-refractivity contribution in [2.75, 3.05) is 19.6 Å². The number of nitrogens with zero attached hydrogens (tertiary/aromatic N) is 1. The Kier molecular flexibility index (Phi) is 4.46. The molecule has 0 unspecified atom stereocenters. The summed E-state index contributed by atoms with van der Waals surface area (Å²) in [6, 6.07) is 10.1. The fourth-order valence-corrected chi connectivity index (χ4v) is 2.16. The monoisotopic (exact) mass is 229 g/mol. The lowest BCUT2D eigenvalue weighted by atomic mass is 10.1. The van der Waals surface area contributed by atoms with Crippen molar-refractivity contribution < 1.29 is 4.74 Å². The SMILES string of the molecule is C#CCCN1CCC(Oc2ccccc2)CC1. The zero-order chi connectivity index (χ0) is 11.9. The Balaban J connectivity index is 1.74. The molecular weight excluding hydrogens is 210 g/mol. The zero-order valence-corrected chi connectivity index (χ0v) is 10.1. The van der Waals surface area contributed by atoms with Gasteiger partial charge in [0.15, 0.2) is 0 Å². The van der Waals surface area contributed by atoms with Gasteiger partial charge < -0.3 is 9.64 Å². The van der Waals surface area contributed by atoms with Gasteiger partial charge in [-0.15, -0.1) is 12.3 Å². The molecule has 2 rings (SSSR count). The van der Waals surface area contributed by atoms with Gasteiger partial charge in [-0.2, -0.15) is 0 Å². The third-order valence-corrected chi connectivity index (χ3v) is 3.15. The molecule has 1 aromatic rings. The molecule has 1 saturated heterocycles. The molecule has 1 aromatic carbocycles. The maximum atomic E-state index is 5.94. The minimum atomic E-state index is 0.361. The van der Waals surface area contributed by atoms with Gasteiger partial charge in [0.25, 0.3) is 0 Å². The number of piperidine rings is 1. The summed E-state index contributed by atoms with van der Waals surface area (Å²) in [6.07, 6.45) is 8.68. The third-order valence-electron chi connectivity index (χ3n) is 3.15. The van der Waals surface area contributed by atoms with E-state index in [4.69, 9.17) is 11.2 Å². The largest absolute Gasteiger partial charge is 0.490 e. The summed E-state index contributed by atoms with van der Waals surface area (Å²) in [5.74, 6) is 3.67. The first-order chi connectivity index (χ1) is 8.38.